The number of benzene rings is 1. The molecule has 1 aromatic carbocycles. The fourth-order valence-corrected chi connectivity index (χ4v) is 4.57. The Morgan fingerprint density at radius 2 is 2.16 bits per heavy atom. The van der Waals surface area contributed by atoms with E-state index in [-0.39, 0.29) is 18.1 Å². The lowest BCUT2D eigenvalue weighted by atomic mass is 9.99. The molecule has 0 spiro atoms. The highest BCUT2D eigenvalue weighted by atomic mass is 79.9. The zero-order valence-corrected chi connectivity index (χ0v) is 16.1. The zero-order chi connectivity index (χ0) is 18.2. The van der Waals surface area contributed by atoms with Crippen LogP contribution >= 0.6 is 15.9 Å². The maximum atomic E-state index is 14.4. The topological polar surface area (TPSA) is 75.7 Å². The van der Waals surface area contributed by atoms with E-state index in [1.807, 2.05) is 0 Å². The third-order valence-corrected chi connectivity index (χ3v) is 5.97. The van der Waals surface area contributed by atoms with Crippen molar-refractivity contribution in [2.24, 2.45) is 0 Å². The molecule has 1 aromatic rings. The molecule has 1 unspecified atom stereocenters. The summed E-state index contributed by atoms with van der Waals surface area (Å²) in [4.78, 5) is 14.2. The summed E-state index contributed by atoms with van der Waals surface area (Å²) in [6.07, 6.45) is 2.01. The maximum absolute atomic E-state index is 14.4. The van der Waals surface area contributed by atoms with Gasteiger partial charge in [-0.2, -0.15) is 0 Å². The molecule has 25 heavy (non-hydrogen) atoms. The maximum Gasteiger partial charge on any atom is 0.252 e. The molecule has 0 aromatic heterocycles. The van der Waals surface area contributed by atoms with Crippen LogP contribution in [0.4, 0.5) is 4.39 Å². The van der Waals surface area contributed by atoms with Gasteiger partial charge in [-0.15, -0.1) is 0 Å². The van der Waals surface area contributed by atoms with Crippen molar-refractivity contribution in [2.45, 2.75) is 37.5 Å². The molecule has 9 heteroatoms. The summed E-state index contributed by atoms with van der Waals surface area (Å²) in [7, 11) is -3.43. The molecular formula is C16H20BrFN2O4S. The Balaban J connectivity index is 1.85. The number of nitrogens with one attached hydrogen (secondary N) is 1. The highest BCUT2D eigenvalue weighted by Crippen LogP contribution is 2.28. The van der Waals surface area contributed by atoms with Crippen LogP contribution in [-0.4, -0.2) is 56.8 Å². The van der Waals surface area contributed by atoms with Crippen LogP contribution in [0.15, 0.2) is 22.7 Å². The van der Waals surface area contributed by atoms with E-state index >= 15 is 0 Å². The van der Waals surface area contributed by atoms with Crippen LogP contribution in [0.25, 0.3) is 0 Å². The average molecular weight is 435 g/mol. The number of rotatable bonds is 5. The van der Waals surface area contributed by atoms with Crippen LogP contribution in [0.1, 0.15) is 18.4 Å². The molecule has 6 nitrogen and oxygen atoms in total. The van der Waals surface area contributed by atoms with Gasteiger partial charge in [-0.25, -0.2) is 17.5 Å². The van der Waals surface area contributed by atoms with Gasteiger partial charge in [0.05, 0.1) is 23.4 Å². The zero-order valence-electron chi connectivity index (χ0n) is 13.7. The van der Waals surface area contributed by atoms with Crippen LogP contribution < -0.4 is 4.72 Å². The van der Waals surface area contributed by atoms with Crippen molar-refractivity contribution in [1.29, 1.82) is 0 Å². The van der Waals surface area contributed by atoms with Crippen molar-refractivity contribution < 1.29 is 22.3 Å². The molecule has 2 fully saturated rings. The minimum atomic E-state index is -3.43. The van der Waals surface area contributed by atoms with Crippen LogP contribution in [-0.2, 0) is 26.0 Å². The molecular weight excluding hydrogens is 415 g/mol. The molecule has 0 aliphatic carbocycles. The number of sulfonamides is 1. The third-order valence-electron chi connectivity index (χ3n) is 4.63. The Labute approximate surface area is 154 Å². The first kappa shape index (κ1) is 18.8. The molecule has 2 aliphatic heterocycles. The summed E-state index contributed by atoms with van der Waals surface area (Å²) in [5.41, 5.74) is 0.439. The van der Waals surface area contributed by atoms with E-state index < -0.39 is 28.2 Å². The Hall–Kier alpha value is -1.03. The van der Waals surface area contributed by atoms with Crippen molar-refractivity contribution in [1.82, 2.24) is 9.62 Å². The van der Waals surface area contributed by atoms with E-state index in [1.165, 1.54) is 0 Å². The predicted octanol–water partition coefficient (Wildman–Crippen LogP) is 1.44. The summed E-state index contributed by atoms with van der Waals surface area (Å²) in [5.74, 6) is -0.538. The lowest BCUT2D eigenvalue weighted by Gasteiger charge is -2.34. The molecule has 1 N–H and O–H groups in total. The van der Waals surface area contributed by atoms with Gasteiger partial charge < -0.3 is 9.64 Å². The van der Waals surface area contributed by atoms with Crippen molar-refractivity contribution >= 4 is 31.9 Å². The minimum absolute atomic E-state index is 0.149. The largest absolute Gasteiger partial charge is 0.368 e. The minimum Gasteiger partial charge on any atom is -0.368 e. The van der Waals surface area contributed by atoms with Crippen LogP contribution in [0.3, 0.4) is 0 Å². The molecule has 138 valence electrons. The molecule has 3 rings (SSSR count). The first-order valence-electron chi connectivity index (χ1n) is 8.08. The van der Waals surface area contributed by atoms with Gasteiger partial charge in [-0.1, -0.05) is 12.1 Å². The normalized spacial score (nSPS) is 26.5. The molecule has 2 aliphatic rings. The van der Waals surface area contributed by atoms with E-state index in [0.29, 0.717) is 36.0 Å². The number of amides is 1. The van der Waals surface area contributed by atoms with Gasteiger partial charge in [0.2, 0.25) is 10.0 Å². The van der Waals surface area contributed by atoms with E-state index in [9.17, 15) is 17.6 Å². The lowest BCUT2D eigenvalue weighted by molar-refractivity contribution is -0.157. The van der Waals surface area contributed by atoms with Crippen molar-refractivity contribution in [3.05, 3.63) is 34.1 Å². The Bertz CT molecular complexity index is 769. The van der Waals surface area contributed by atoms with Gasteiger partial charge in [0.25, 0.3) is 5.91 Å². The number of halogens is 2. The van der Waals surface area contributed by atoms with E-state index in [0.717, 1.165) is 6.26 Å². The molecule has 2 heterocycles. The number of hydrogen-bond donors (Lipinski definition) is 1. The standard InChI is InChI=1S/C16H20BrFN2O4S/c1-25(22,23)19-12-5-7-20(16(21)14-6-8-24-14)13(12)9-10-3-2-4-11(17)15(10)18/h2-4,12-14,19H,5-9H2,1H3/t12-,13-,14?/m0/s1. The van der Waals surface area contributed by atoms with Gasteiger partial charge in [-0.3, -0.25) is 4.79 Å². The van der Waals surface area contributed by atoms with Crippen LogP contribution in [0.5, 0.6) is 0 Å². The van der Waals surface area contributed by atoms with E-state index in [1.54, 1.807) is 23.1 Å². The third kappa shape index (κ3) is 4.21. The summed E-state index contributed by atoms with van der Waals surface area (Å²) < 4.78 is 45.9. The number of hydrogen-bond acceptors (Lipinski definition) is 4. The second kappa shape index (κ2) is 7.30. The molecule has 3 atom stereocenters. The van der Waals surface area contributed by atoms with E-state index in [2.05, 4.69) is 20.7 Å². The second-order valence-corrected chi connectivity index (χ2v) is 9.08. The van der Waals surface area contributed by atoms with Crippen LogP contribution in [0.2, 0.25) is 0 Å². The van der Waals surface area contributed by atoms with Gasteiger partial charge >= 0.3 is 0 Å². The second-order valence-electron chi connectivity index (χ2n) is 6.45. The fourth-order valence-electron chi connectivity index (χ4n) is 3.34. The summed E-state index contributed by atoms with van der Waals surface area (Å²) >= 11 is 3.16. The van der Waals surface area contributed by atoms with Crippen LogP contribution in [0, 0.1) is 5.82 Å². The SMILES string of the molecule is CS(=O)(=O)N[C@H]1CCN(C(=O)C2CCO2)[C@H]1Cc1cccc(Br)c1F. The molecule has 0 bridgehead atoms. The first-order valence-corrected chi connectivity index (χ1v) is 10.8. The van der Waals surface area contributed by atoms with Gasteiger partial charge in [0.1, 0.15) is 11.9 Å². The number of ether oxygens (including phenoxy) is 1. The highest BCUT2D eigenvalue weighted by molar-refractivity contribution is 9.10. The Morgan fingerprint density at radius 1 is 1.44 bits per heavy atom. The van der Waals surface area contributed by atoms with E-state index in [4.69, 9.17) is 4.74 Å². The monoisotopic (exact) mass is 434 g/mol. The predicted molar refractivity (Wildman–Crippen MR) is 94.0 cm³/mol. The Kier molecular flexibility index (Phi) is 5.48. The van der Waals surface area contributed by atoms with Gasteiger partial charge in [-0.05, 0) is 40.4 Å². The average Bonchev–Trinajstić information content (AvgIpc) is 2.83. The molecule has 2 saturated heterocycles. The van der Waals surface area contributed by atoms with Gasteiger partial charge in [0, 0.05) is 19.0 Å². The van der Waals surface area contributed by atoms with Gasteiger partial charge in [0.15, 0.2) is 0 Å². The number of nitrogens with zero attached hydrogens (tertiary/aromatic N) is 1. The molecule has 1 amide bonds. The lowest BCUT2D eigenvalue weighted by Crippen LogP contribution is -2.52. The summed E-state index contributed by atoms with van der Waals surface area (Å²) in [5, 5.41) is 0. The van der Waals surface area contributed by atoms with Crippen molar-refractivity contribution in [3.63, 3.8) is 0 Å². The Morgan fingerprint density at radius 3 is 2.76 bits per heavy atom. The summed E-state index contributed by atoms with van der Waals surface area (Å²) in [6, 6.07) is 4.08. The highest BCUT2D eigenvalue weighted by Gasteiger charge is 2.42. The quantitative estimate of drug-likeness (QED) is 0.760. The smallest absolute Gasteiger partial charge is 0.252 e. The molecule has 0 saturated carbocycles. The van der Waals surface area contributed by atoms with Crippen molar-refractivity contribution in [2.75, 3.05) is 19.4 Å². The molecule has 0 radical (unpaired) electrons. The number of carbonyl (C=O) groups excluding carboxylic acids is 1. The first-order chi connectivity index (χ1) is 11.8. The van der Waals surface area contributed by atoms with Crippen molar-refractivity contribution in [3.8, 4) is 0 Å². The number of likely N-dealkylation sites (tertiary alicyclic amines) is 1. The number of carbonyl (C=O) groups is 1. The summed E-state index contributed by atoms with van der Waals surface area (Å²) in [6.45, 7) is 0.979. The fraction of sp³-hybridized carbons (Fsp3) is 0.562.